The van der Waals surface area contributed by atoms with Crippen molar-refractivity contribution < 1.29 is 8.94 Å². The van der Waals surface area contributed by atoms with Crippen molar-refractivity contribution >= 4 is 37.7 Å². The van der Waals surface area contributed by atoms with Gasteiger partial charge in [-0.1, -0.05) is 33.2 Å². The fraction of sp³-hybridized carbons (Fsp3) is 0. The van der Waals surface area contributed by atoms with Gasteiger partial charge in [0.15, 0.2) is 16.1 Å². The number of furan rings is 1. The molecule has 0 unspecified atom stereocenters. The Kier molecular flexibility index (Phi) is 3.20. The maximum absolute atomic E-state index is 5.86. The minimum atomic E-state index is 0.268. The van der Waals surface area contributed by atoms with Gasteiger partial charge in [0.25, 0.3) is 0 Å². The van der Waals surface area contributed by atoms with Crippen LogP contribution in [0.25, 0.3) is 22.6 Å². The zero-order chi connectivity index (χ0) is 13.4. The molecule has 0 amide bonds. The minimum Gasteiger partial charge on any atom is -0.448 e. The normalized spacial score (nSPS) is 10.8. The van der Waals surface area contributed by atoms with Gasteiger partial charge in [-0.05, 0) is 45.8 Å². The van der Waals surface area contributed by atoms with Gasteiger partial charge in [-0.3, -0.25) is 0 Å². The Labute approximate surface area is 125 Å². The zero-order valence-electron chi connectivity index (χ0n) is 9.56. The third-order valence-corrected chi connectivity index (χ3v) is 3.61. The first-order valence-corrected chi connectivity index (χ1v) is 7.00. The van der Waals surface area contributed by atoms with Crippen molar-refractivity contribution in [3.05, 3.63) is 45.5 Å². The first-order chi connectivity index (χ1) is 9.15. The molecule has 3 aromatic rings. The lowest BCUT2D eigenvalue weighted by atomic mass is 10.0. The molecule has 0 saturated heterocycles. The van der Waals surface area contributed by atoms with Gasteiger partial charge in [0.05, 0.1) is 5.56 Å². The van der Waals surface area contributed by atoms with E-state index in [1.54, 1.807) is 6.07 Å². The maximum atomic E-state index is 5.86. The molecule has 4 nitrogen and oxygen atoms in total. The fourth-order valence-corrected chi connectivity index (χ4v) is 2.38. The predicted octanol–water partition coefficient (Wildman–Crippen LogP) is 4.71. The van der Waals surface area contributed by atoms with Crippen LogP contribution in [-0.2, 0) is 0 Å². The number of anilines is 1. The minimum absolute atomic E-state index is 0.268. The van der Waals surface area contributed by atoms with Gasteiger partial charge in [-0.25, -0.2) is 0 Å². The topological polar surface area (TPSA) is 65.2 Å². The summed E-state index contributed by atoms with van der Waals surface area (Å²) in [4.78, 5) is 0. The van der Waals surface area contributed by atoms with Crippen molar-refractivity contribution in [3.63, 3.8) is 0 Å². The highest BCUT2D eigenvalue weighted by molar-refractivity contribution is 9.10. The van der Waals surface area contributed by atoms with Crippen LogP contribution in [0.15, 0.2) is 54.5 Å². The van der Waals surface area contributed by atoms with Crippen LogP contribution in [0, 0.1) is 0 Å². The molecule has 0 radical (unpaired) electrons. The molecular formula is C13H8Br2N2O2. The summed E-state index contributed by atoms with van der Waals surface area (Å²) in [6.45, 7) is 0. The molecule has 0 aliphatic heterocycles. The van der Waals surface area contributed by atoms with Crippen LogP contribution in [0.5, 0.6) is 0 Å². The number of nitrogens with two attached hydrogens (primary N) is 1. The van der Waals surface area contributed by atoms with Crippen LogP contribution in [0.1, 0.15) is 0 Å². The average Bonchev–Trinajstić information content (AvgIpc) is 2.97. The fourth-order valence-electron chi connectivity index (χ4n) is 1.81. The molecule has 6 heteroatoms. The van der Waals surface area contributed by atoms with Gasteiger partial charge < -0.3 is 14.7 Å². The number of hydrogen-bond acceptors (Lipinski definition) is 4. The molecule has 0 saturated carbocycles. The maximum Gasteiger partial charge on any atom is 0.230 e. The molecule has 3 rings (SSSR count). The van der Waals surface area contributed by atoms with Gasteiger partial charge in [0, 0.05) is 4.47 Å². The van der Waals surface area contributed by atoms with Crippen LogP contribution in [0.3, 0.4) is 0 Å². The van der Waals surface area contributed by atoms with E-state index in [1.165, 1.54) is 0 Å². The van der Waals surface area contributed by atoms with Crippen molar-refractivity contribution in [2.45, 2.75) is 0 Å². The highest BCUT2D eigenvalue weighted by Crippen LogP contribution is 2.37. The van der Waals surface area contributed by atoms with Crippen LogP contribution < -0.4 is 5.73 Å². The van der Waals surface area contributed by atoms with Gasteiger partial charge in [0.1, 0.15) is 0 Å². The number of nitrogen functional groups attached to an aromatic ring is 1. The molecule has 0 bridgehead atoms. The molecule has 0 aliphatic rings. The van der Waals surface area contributed by atoms with Gasteiger partial charge in [0.2, 0.25) is 5.88 Å². The van der Waals surface area contributed by atoms with Crippen LogP contribution in [0.2, 0.25) is 0 Å². The third-order valence-electron chi connectivity index (χ3n) is 2.66. The molecule has 19 heavy (non-hydrogen) atoms. The monoisotopic (exact) mass is 382 g/mol. The Morgan fingerprint density at radius 3 is 2.37 bits per heavy atom. The highest BCUT2D eigenvalue weighted by atomic mass is 79.9. The number of benzene rings is 1. The summed E-state index contributed by atoms with van der Waals surface area (Å²) in [5, 5.41) is 3.97. The lowest BCUT2D eigenvalue weighted by molar-refractivity contribution is 0.435. The number of nitrogens with zero attached hydrogens (tertiary/aromatic N) is 1. The summed E-state index contributed by atoms with van der Waals surface area (Å²) in [5.74, 6) is 0.870. The Hall–Kier alpha value is -1.53. The molecule has 0 atom stereocenters. The molecular weight excluding hydrogens is 376 g/mol. The van der Waals surface area contributed by atoms with E-state index in [0.29, 0.717) is 16.1 Å². The Morgan fingerprint density at radius 2 is 1.74 bits per heavy atom. The summed E-state index contributed by atoms with van der Waals surface area (Å²) >= 11 is 6.66. The largest absolute Gasteiger partial charge is 0.448 e. The summed E-state index contributed by atoms with van der Waals surface area (Å²) < 4.78 is 12.2. The van der Waals surface area contributed by atoms with Crippen molar-refractivity contribution in [2.75, 3.05) is 5.73 Å². The van der Waals surface area contributed by atoms with E-state index >= 15 is 0 Å². The first-order valence-electron chi connectivity index (χ1n) is 5.42. The van der Waals surface area contributed by atoms with Gasteiger partial charge in [-0.15, -0.1) is 0 Å². The molecule has 1 aromatic carbocycles. The first kappa shape index (κ1) is 12.5. The lowest BCUT2D eigenvalue weighted by Gasteiger charge is -2.01. The zero-order valence-corrected chi connectivity index (χ0v) is 12.7. The number of hydrogen-bond donors (Lipinski definition) is 1. The van der Waals surface area contributed by atoms with Gasteiger partial charge in [-0.2, -0.15) is 0 Å². The molecule has 2 aromatic heterocycles. The van der Waals surface area contributed by atoms with E-state index in [9.17, 15) is 0 Å². The Morgan fingerprint density at radius 1 is 1.00 bits per heavy atom. The lowest BCUT2D eigenvalue weighted by Crippen LogP contribution is -1.86. The summed E-state index contributed by atoms with van der Waals surface area (Å²) in [6, 6.07) is 11.4. The quantitative estimate of drug-likeness (QED) is 0.695. The molecule has 0 fully saturated rings. The van der Waals surface area contributed by atoms with E-state index in [1.807, 2.05) is 30.3 Å². The molecule has 2 N–H and O–H groups in total. The van der Waals surface area contributed by atoms with Crippen molar-refractivity contribution in [1.29, 1.82) is 0 Å². The van der Waals surface area contributed by atoms with E-state index in [0.717, 1.165) is 15.6 Å². The molecule has 0 spiro atoms. The summed E-state index contributed by atoms with van der Waals surface area (Å²) in [7, 11) is 0. The molecule has 0 aliphatic carbocycles. The third kappa shape index (κ3) is 2.33. The van der Waals surface area contributed by atoms with E-state index in [4.69, 9.17) is 14.7 Å². The summed E-state index contributed by atoms with van der Waals surface area (Å²) in [5.41, 5.74) is 8.10. The SMILES string of the molecule is Nc1onc(-c2ccc(Br)o2)c1-c1ccc(Br)cc1. The van der Waals surface area contributed by atoms with Crippen LogP contribution in [0.4, 0.5) is 5.88 Å². The van der Waals surface area contributed by atoms with Crippen molar-refractivity contribution in [3.8, 4) is 22.6 Å². The Bertz CT molecular complexity index is 717. The van der Waals surface area contributed by atoms with E-state index in [-0.39, 0.29) is 5.88 Å². The smallest absolute Gasteiger partial charge is 0.230 e. The second-order valence-electron chi connectivity index (χ2n) is 3.88. The van der Waals surface area contributed by atoms with Crippen LogP contribution in [-0.4, -0.2) is 5.16 Å². The van der Waals surface area contributed by atoms with Crippen molar-refractivity contribution in [1.82, 2.24) is 5.16 Å². The molecule has 96 valence electrons. The van der Waals surface area contributed by atoms with Crippen LogP contribution >= 0.6 is 31.9 Å². The van der Waals surface area contributed by atoms with E-state index in [2.05, 4.69) is 37.0 Å². The number of halogens is 2. The molecule has 2 heterocycles. The predicted molar refractivity (Wildman–Crippen MR) is 79.5 cm³/mol. The average molecular weight is 384 g/mol. The van der Waals surface area contributed by atoms with Gasteiger partial charge >= 0.3 is 0 Å². The number of rotatable bonds is 2. The second kappa shape index (κ2) is 4.86. The number of aromatic nitrogens is 1. The summed E-state index contributed by atoms with van der Waals surface area (Å²) in [6.07, 6.45) is 0. The Balaban J connectivity index is 2.16. The van der Waals surface area contributed by atoms with E-state index < -0.39 is 0 Å². The highest BCUT2D eigenvalue weighted by Gasteiger charge is 2.19. The van der Waals surface area contributed by atoms with Crippen molar-refractivity contribution in [2.24, 2.45) is 0 Å². The standard InChI is InChI=1S/C13H8Br2N2O2/c14-8-3-1-7(2-4-8)11-12(17-19-13(11)16)9-5-6-10(15)18-9/h1-6H,16H2. The second-order valence-corrected chi connectivity index (χ2v) is 5.58.